The molecule has 1 heterocycles. The Labute approximate surface area is 109 Å². The summed E-state index contributed by atoms with van der Waals surface area (Å²) in [5, 5.41) is 0. The van der Waals surface area contributed by atoms with E-state index in [9.17, 15) is 4.79 Å². The number of carbonyl (C=O) groups is 1. The minimum Gasteiger partial charge on any atom is -0.449 e. The highest BCUT2D eigenvalue weighted by Gasteiger charge is 2.12. The number of imidazole rings is 1. The van der Waals surface area contributed by atoms with Crippen molar-refractivity contribution < 1.29 is 9.53 Å². The Morgan fingerprint density at radius 2 is 2.11 bits per heavy atom. The molecule has 0 saturated carbocycles. The highest BCUT2D eigenvalue weighted by Crippen LogP contribution is 2.01. The number of carbonyl (C=O) groups excluding carboxylic acids is 1. The van der Waals surface area contributed by atoms with Crippen molar-refractivity contribution in [1.82, 2.24) is 14.9 Å². The summed E-state index contributed by atoms with van der Waals surface area (Å²) in [6, 6.07) is 0. The van der Waals surface area contributed by atoms with Gasteiger partial charge in [0, 0.05) is 25.0 Å². The minimum absolute atomic E-state index is 0.191. The van der Waals surface area contributed by atoms with Crippen LogP contribution < -0.4 is 0 Å². The van der Waals surface area contributed by atoms with Crippen LogP contribution in [0.2, 0.25) is 0 Å². The van der Waals surface area contributed by atoms with Crippen molar-refractivity contribution in [2.45, 2.75) is 39.5 Å². The molecule has 1 aromatic heterocycles. The molecule has 1 N–H and O–H groups in total. The Balaban J connectivity index is 2.18. The number of rotatable bonds is 8. The number of aromatic nitrogens is 2. The number of nitrogens with zero attached hydrogens (tertiary/aromatic N) is 2. The van der Waals surface area contributed by atoms with Gasteiger partial charge in [0.15, 0.2) is 0 Å². The molecule has 0 bridgehead atoms. The number of aromatic amines is 1. The Morgan fingerprint density at radius 3 is 2.67 bits per heavy atom. The Bertz CT molecular complexity index is 319. The second-order valence-corrected chi connectivity index (χ2v) is 4.28. The third-order valence-electron chi connectivity index (χ3n) is 2.62. The van der Waals surface area contributed by atoms with Gasteiger partial charge >= 0.3 is 6.09 Å². The van der Waals surface area contributed by atoms with Crippen molar-refractivity contribution in [3.8, 4) is 0 Å². The standard InChI is InChI=1S/C13H23N3O2/c1-3-7-16(8-4-2)13(17)18-9-5-6-12-10-14-11-15-12/h10-11H,3-9H2,1-2H3,(H,14,15). The van der Waals surface area contributed by atoms with Gasteiger partial charge in [-0.2, -0.15) is 0 Å². The maximum absolute atomic E-state index is 11.8. The number of amides is 1. The molecule has 0 unspecified atom stereocenters. The van der Waals surface area contributed by atoms with E-state index in [0.29, 0.717) is 6.61 Å². The van der Waals surface area contributed by atoms with Crippen LogP contribution in [-0.2, 0) is 11.2 Å². The summed E-state index contributed by atoms with van der Waals surface area (Å²) in [5.74, 6) is 0. The van der Waals surface area contributed by atoms with Crippen LogP contribution in [0.25, 0.3) is 0 Å². The molecule has 0 aliphatic carbocycles. The molecule has 0 fully saturated rings. The lowest BCUT2D eigenvalue weighted by Gasteiger charge is -2.20. The summed E-state index contributed by atoms with van der Waals surface area (Å²) >= 11 is 0. The zero-order chi connectivity index (χ0) is 13.2. The van der Waals surface area contributed by atoms with E-state index in [1.54, 1.807) is 17.4 Å². The van der Waals surface area contributed by atoms with Gasteiger partial charge < -0.3 is 14.6 Å². The van der Waals surface area contributed by atoms with Crippen LogP contribution in [-0.4, -0.2) is 40.7 Å². The van der Waals surface area contributed by atoms with Gasteiger partial charge in [-0.1, -0.05) is 13.8 Å². The molecular weight excluding hydrogens is 230 g/mol. The lowest BCUT2D eigenvalue weighted by Crippen LogP contribution is -2.33. The number of H-pyrrole nitrogens is 1. The molecule has 0 spiro atoms. The Hall–Kier alpha value is -1.52. The minimum atomic E-state index is -0.191. The van der Waals surface area contributed by atoms with E-state index in [2.05, 4.69) is 23.8 Å². The van der Waals surface area contributed by atoms with Crippen LogP contribution in [0.4, 0.5) is 4.79 Å². The first kappa shape index (κ1) is 14.5. The fourth-order valence-electron chi connectivity index (χ4n) is 1.77. The van der Waals surface area contributed by atoms with Gasteiger partial charge in [-0.3, -0.25) is 0 Å². The topological polar surface area (TPSA) is 58.2 Å². The predicted molar refractivity (Wildman–Crippen MR) is 70.4 cm³/mol. The van der Waals surface area contributed by atoms with E-state index in [1.165, 1.54) is 0 Å². The van der Waals surface area contributed by atoms with E-state index in [1.807, 2.05) is 0 Å². The first-order chi connectivity index (χ1) is 8.77. The van der Waals surface area contributed by atoms with Crippen molar-refractivity contribution in [3.63, 3.8) is 0 Å². The van der Waals surface area contributed by atoms with Gasteiger partial charge in [0.1, 0.15) is 0 Å². The SMILES string of the molecule is CCCN(CCC)C(=O)OCCCc1cnc[nH]1. The van der Waals surface area contributed by atoms with Gasteiger partial charge in [0.05, 0.1) is 12.9 Å². The van der Waals surface area contributed by atoms with Gasteiger partial charge in [-0.25, -0.2) is 9.78 Å². The molecule has 1 rings (SSSR count). The molecule has 102 valence electrons. The van der Waals surface area contributed by atoms with E-state index < -0.39 is 0 Å². The number of hydrogen-bond acceptors (Lipinski definition) is 3. The van der Waals surface area contributed by atoms with Crippen LogP contribution in [0.5, 0.6) is 0 Å². The van der Waals surface area contributed by atoms with E-state index >= 15 is 0 Å². The maximum Gasteiger partial charge on any atom is 0.409 e. The second-order valence-electron chi connectivity index (χ2n) is 4.28. The van der Waals surface area contributed by atoms with E-state index in [0.717, 1.165) is 44.5 Å². The van der Waals surface area contributed by atoms with E-state index in [-0.39, 0.29) is 6.09 Å². The first-order valence-electron chi connectivity index (χ1n) is 6.66. The number of hydrogen-bond donors (Lipinski definition) is 1. The summed E-state index contributed by atoms with van der Waals surface area (Å²) in [5.41, 5.74) is 1.07. The third kappa shape index (κ3) is 5.21. The highest BCUT2D eigenvalue weighted by atomic mass is 16.6. The summed E-state index contributed by atoms with van der Waals surface area (Å²) in [6.07, 6.45) is 6.86. The number of aryl methyl sites for hydroxylation is 1. The smallest absolute Gasteiger partial charge is 0.409 e. The molecule has 0 aliphatic heterocycles. The lowest BCUT2D eigenvalue weighted by atomic mass is 10.3. The summed E-state index contributed by atoms with van der Waals surface area (Å²) in [6.45, 7) is 6.13. The van der Waals surface area contributed by atoms with Gasteiger partial charge in [-0.15, -0.1) is 0 Å². The zero-order valence-corrected chi connectivity index (χ0v) is 11.3. The van der Waals surface area contributed by atoms with Gasteiger partial charge in [-0.05, 0) is 25.7 Å². The molecule has 0 aromatic carbocycles. The number of nitrogens with one attached hydrogen (secondary N) is 1. The van der Waals surface area contributed by atoms with Crippen molar-refractivity contribution in [2.24, 2.45) is 0 Å². The molecule has 18 heavy (non-hydrogen) atoms. The average Bonchev–Trinajstić information content (AvgIpc) is 2.87. The Kier molecular flexibility index (Phi) is 6.91. The molecule has 1 amide bonds. The molecule has 5 nitrogen and oxygen atoms in total. The molecule has 0 radical (unpaired) electrons. The molecule has 0 atom stereocenters. The van der Waals surface area contributed by atoms with Crippen LogP contribution in [0.15, 0.2) is 12.5 Å². The fraction of sp³-hybridized carbons (Fsp3) is 0.692. The maximum atomic E-state index is 11.8. The lowest BCUT2D eigenvalue weighted by molar-refractivity contribution is 0.101. The van der Waals surface area contributed by atoms with Crippen molar-refractivity contribution >= 4 is 6.09 Å². The van der Waals surface area contributed by atoms with Crippen molar-refractivity contribution in [1.29, 1.82) is 0 Å². The molecule has 0 saturated heterocycles. The highest BCUT2D eigenvalue weighted by molar-refractivity contribution is 5.67. The summed E-state index contributed by atoms with van der Waals surface area (Å²) in [4.78, 5) is 20.5. The molecule has 0 aliphatic rings. The average molecular weight is 253 g/mol. The second kappa shape index (κ2) is 8.55. The molecular formula is C13H23N3O2. The van der Waals surface area contributed by atoms with Crippen LogP contribution >= 0.6 is 0 Å². The normalized spacial score (nSPS) is 10.3. The van der Waals surface area contributed by atoms with E-state index in [4.69, 9.17) is 4.74 Å². The van der Waals surface area contributed by atoms with Crippen LogP contribution in [0, 0.1) is 0 Å². The van der Waals surface area contributed by atoms with Gasteiger partial charge in [0.25, 0.3) is 0 Å². The van der Waals surface area contributed by atoms with Crippen molar-refractivity contribution in [2.75, 3.05) is 19.7 Å². The molecule has 5 heteroatoms. The number of ether oxygens (including phenoxy) is 1. The zero-order valence-electron chi connectivity index (χ0n) is 11.3. The monoisotopic (exact) mass is 253 g/mol. The fourth-order valence-corrected chi connectivity index (χ4v) is 1.77. The first-order valence-corrected chi connectivity index (χ1v) is 6.66. The van der Waals surface area contributed by atoms with Gasteiger partial charge in [0.2, 0.25) is 0 Å². The summed E-state index contributed by atoms with van der Waals surface area (Å²) < 4.78 is 5.26. The quantitative estimate of drug-likeness (QED) is 0.724. The molecule has 1 aromatic rings. The Morgan fingerprint density at radius 1 is 1.39 bits per heavy atom. The summed E-state index contributed by atoms with van der Waals surface area (Å²) in [7, 11) is 0. The largest absolute Gasteiger partial charge is 0.449 e. The van der Waals surface area contributed by atoms with Crippen molar-refractivity contribution in [3.05, 3.63) is 18.2 Å². The van der Waals surface area contributed by atoms with Crippen LogP contribution in [0.3, 0.4) is 0 Å². The van der Waals surface area contributed by atoms with Crippen LogP contribution in [0.1, 0.15) is 38.8 Å². The third-order valence-corrected chi connectivity index (χ3v) is 2.62. The predicted octanol–water partition coefficient (Wildman–Crippen LogP) is 2.60.